The van der Waals surface area contributed by atoms with E-state index < -0.39 is 53.3 Å². The summed E-state index contributed by atoms with van der Waals surface area (Å²) in [4.78, 5) is 26.6. The fraction of sp³-hybridized carbons (Fsp3) is 0.297. The third-order valence-corrected chi connectivity index (χ3v) is 8.66. The summed E-state index contributed by atoms with van der Waals surface area (Å²) in [5.74, 6) is 0.0649. The highest BCUT2D eigenvalue weighted by Gasteiger charge is 2.43. The summed E-state index contributed by atoms with van der Waals surface area (Å²) in [5, 5.41) is 0. The van der Waals surface area contributed by atoms with Gasteiger partial charge in [-0.1, -0.05) is 29.8 Å². The fourth-order valence-electron chi connectivity index (χ4n) is 6.36. The number of aryl methyl sites for hydroxylation is 3. The number of amides is 1. The highest BCUT2D eigenvalue weighted by Crippen LogP contribution is 2.43. The molecule has 1 aliphatic rings. The van der Waals surface area contributed by atoms with Gasteiger partial charge in [-0.15, -0.1) is 0 Å². The van der Waals surface area contributed by atoms with Gasteiger partial charge < -0.3 is 14.2 Å². The first-order valence-corrected chi connectivity index (χ1v) is 15.2. The van der Waals surface area contributed by atoms with Crippen LogP contribution in [-0.4, -0.2) is 37.2 Å². The minimum atomic E-state index is -5.05. The highest BCUT2D eigenvalue weighted by atomic mass is 19.4. The number of hydrogen-bond acceptors (Lipinski definition) is 5. The van der Waals surface area contributed by atoms with Crippen molar-refractivity contribution in [1.29, 1.82) is 0 Å². The van der Waals surface area contributed by atoms with Crippen LogP contribution in [0.5, 0.6) is 5.75 Å². The van der Waals surface area contributed by atoms with Gasteiger partial charge in [-0.3, -0.25) is 4.90 Å². The maximum absolute atomic E-state index is 13.6. The van der Waals surface area contributed by atoms with Gasteiger partial charge >= 0.3 is 24.4 Å². The summed E-state index contributed by atoms with van der Waals surface area (Å²) in [7, 11) is 2.83. The van der Waals surface area contributed by atoms with Gasteiger partial charge in [-0.05, 0) is 109 Å². The van der Waals surface area contributed by atoms with Gasteiger partial charge in [-0.25, -0.2) is 9.59 Å². The Hall–Kier alpha value is -5.00. The number of esters is 1. The Morgan fingerprint density at radius 3 is 2.04 bits per heavy atom. The van der Waals surface area contributed by atoms with E-state index in [1.807, 2.05) is 51.1 Å². The second-order valence-electron chi connectivity index (χ2n) is 12.1. The summed E-state index contributed by atoms with van der Waals surface area (Å²) >= 11 is 0. The van der Waals surface area contributed by atoms with Crippen LogP contribution in [0.3, 0.4) is 0 Å². The van der Waals surface area contributed by atoms with Crippen LogP contribution in [0.15, 0.2) is 66.7 Å². The van der Waals surface area contributed by atoms with Crippen molar-refractivity contribution in [3.8, 4) is 28.0 Å². The number of cyclic esters (lactones) is 1. The number of halogens is 6. The van der Waals surface area contributed by atoms with E-state index in [1.54, 1.807) is 18.2 Å². The van der Waals surface area contributed by atoms with Gasteiger partial charge in [0, 0.05) is 5.56 Å². The van der Waals surface area contributed by atoms with Gasteiger partial charge in [0.25, 0.3) is 0 Å². The molecule has 2 atom stereocenters. The molecule has 49 heavy (non-hydrogen) atoms. The van der Waals surface area contributed by atoms with Crippen molar-refractivity contribution in [2.75, 3.05) is 14.2 Å². The average molecular weight is 686 g/mol. The van der Waals surface area contributed by atoms with E-state index in [2.05, 4.69) is 0 Å². The SMILES string of the molecule is COC(=O)c1ccc(-c2ccc(OC)c(-c3c(C)cc(C)cc3CN3C(=O)O[C@H](c4cc(C(F)(F)F)cc(C(F)(F)F)c4)[C@@H]3C)c2)c(C)c1. The van der Waals surface area contributed by atoms with Crippen LogP contribution in [-0.2, 0) is 28.4 Å². The Bertz CT molecular complexity index is 1900. The Morgan fingerprint density at radius 2 is 1.47 bits per heavy atom. The number of rotatable bonds is 7. The van der Waals surface area contributed by atoms with Gasteiger partial charge in [0.15, 0.2) is 0 Å². The molecule has 0 N–H and O–H groups in total. The molecule has 1 fully saturated rings. The van der Waals surface area contributed by atoms with Crippen LogP contribution in [0.4, 0.5) is 31.1 Å². The minimum Gasteiger partial charge on any atom is -0.496 e. The third kappa shape index (κ3) is 7.09. The van der Waals surface area contributed by atoms with E-state index in [9.17, 15) is 35.9 Å². The number of ether oxygens (including phenoxy) is 3. The van der Waals surface area contributed by atoms with Crippen molar-refractivity contribution < 1.29 is 50.1 Å². The number of methoxy groups -OCH3 is 2. The molecule has 0 unspecified atom stereocenters. The maximum atomic E-state index is 13.6. The Labute approximate surface area is 279 Å². The molecule has 0 radical (unpaired) electrons. The molecule has 1 heterocycles. The van der Waals surface area contributed by atoms with Crippen molar-refractivity contribution in [2.45, 2.75) is 58.7 Å². The lowest BCUT2D eigenvalue weighted by atomic mass is 9.89. The van der Waals surface area contributed by atoms with Crippen molar-refractivity contribution in [2.24, 2.45) is 0 Å². The molecule has 0 aliphatic carbocycles. The summed E-state index contributed by atoms with van der Waals surface area (Å²) < 4.78 is 97.7. The molecule has 12 heteroatoms. The van der Waals surface area contributed by atoms with Crippen LogP contribution >= 0.6 is 0 Å². The first kappa shape index (κ1) is 35.3. The van der Waals surface area contributed by atoms with Crippen LogP contribution in [0, 0.1) is 20.8 Å². The summed E-state index contributed by atoms with van der Waals surface area (Å²) in [6, 6.07) is 14.9. The van der Waals surface area contributed by atoms with E-state index in [0.29, 0.717) is 34.6 Å². The normalized spacial score (nSPS) is 16.5. The third-order valence-electron chi connectivity index (χ3n) is 8.66. The average Bonchev–Trinajstić information content (AvgIpc) is 3.31. The molecule has 0 aromatic heterocycles. The smallest absolute Gasteiger partial charge is 0.416 e. The van der Waals surface area contributed by atoms with E-state index >= 15 is 0 Å². The first-order chi connectivity index (χ1) is 22.9. The second kappa shape index (κ2) is 13.1. The van der Waals surface area contributed by atoms with Gasteiger partial charge in [-0.2, -0.15) is 26.3 Å². The number of carbonyl (C=O) groups excluding carboxylic acids is 2. The predicted octanol–water partition coefficient (Wildman–Crippen LogP) is 9.86. The monoisotopic (exact) mass is 685 g/mol. The molecule has 4 aromatic carbocycles. The lowest BCUT2D eigenvalue weighted by Crippen LogP contribution is -2.31. The van der Waals surface area contributed by atoms with Gasteiger partial charge in [0.05, 0.1) is 43.5 Å². The quantitative estimate of drug-likeness (QED) is 0.143. The lowest BCUT2D eigenvalue weighted by molar-refractivity contribution is -0.143. The molecular weight excluding hydrogens is 652 g/mol. The molecule has 0 saturated carbocycles. The van der Waals surface area contributed by atoms with Crippen molar-refractivity contribution in [3.05, 3.63) is 111 Å². The molecule has 4 aromatic rings. The highest BCUT2D eigenvalue weighted by molar-refractivity contribution is 5.91. The molecule has 1 amide bonds. The first-order valence-electron chi connectivity index (χ1n) is 15.2. The number of alkyl halides is 6. The topological polar surface area (TPSA) is 65.1 Å². The van der Waals surface area contributed by atoms with Crippen molar-refractivity contribution >= 4 is 12.1 Å². The van der Waals surface area contributed by atoms with Crippen LogP contribution < -0.4 is 4.74 Å². The number of benzene rings is 4. The summed E-state index contributed by atoms with van der Waals surface area (Å²) in [6.45, 7) is 7.10. The fourth-order valence-corrected chi connectivity index (χ4v) is 6.36. The van der Waals surface area contributed by atoms with E-state index in [0.717, 1.165) is 33.4 Å². The second-order valence-corrected chi connectivity index (χ2v) is 12.1. The van der Waals surface area contributed by atoms with E-state index in [1.165, 1.54) is 26.0 Å². The molecule has 258 valence electrons. The maximum Gasteiger partial charge on any atom is 0.416 e. The Kier molecular flexibility index (Phi) is 9.46. The molecule has 0 bridgehead atoms. The number of hydrogen-bond donors (Lipinski definition) is 0. The standard InChI is InChI=1S/C37H33F6NO5/c1-19-11-21(3)32(30-16-23(8-10-31(30)47-5)29-9-7-24(13-20(29)2)34(45)48-6)26(12-19)18-44-22(4)33(49-35(44)46)25-14-27(36(38,39)40)17-28(15-25)37(41,42)43/h7-17,22,33H,18H2,1-6H3/t22-,33-/m0/s1. The zero-order chi connectivity index (χ0) is 36.0. The van der Waals surface area contributed by atoms with Crippen LogP contribution in [0.2, 0.25) is 0 Å². The van der Waals surface area contributed by atoms with Gasteiger partial charge in [0.2, 0.25) is 0 Å². The van der Waals surface area contributed by atoms with Crippen LogP contribution in [0.1, 0.15) is 62.3 Å². The van der Waals surface area contributed by atoms with Crippen LogP contribution in [0.25, 0.3) is 22.3 Å². The zero-order valence-corrected chi connectivity index (χ0v) is 27.5. The summed E-state index contributed by atoms with van der Waals surface area (Å²) in [6.07, 6.45) is -12.4. The molecule has 1 aliphatic heterocycles. The molecular formula is C37H33F6NO5. The number of carbonyl (C=O) groups is 2. The largest absolute Gasteiger partial charge is 0.496 e. The van der Waals surface area contributed by atoms with E-state index in [4.69, 9.17) is 14.2 Å². The lowest BCUT2D eigenvalue weighted by Gasteiger charge is -2.25. The zero-order valence-electron chi connectivity index (χ0n) is 27.5. The molecule has 0 spiro atoms. The summed E-state index contributed by atoms with van der Waals surface area (Å²) in [5.41, 5.74) is 3.29. The minimum absolute atomic E-state index is 0.0427. The van der Waals surface area contributed by atoms with E-state index in [-0.39, 0.29) is 12.6 Å². The molecule has 6 nitrogen and oxygen atoms in total. The molecule has 5 rings (SSSR count). The number of nitrogens with zero attached hydrogens (tertiary/aromatic N) is 1. The van der Waals surface area contributed by atoms with Gasteiger partial charge in [0.1, 0.15) is 11.9 Å². The predicted molar refractivity (Wildman–Crippen MR) is 170 cm³/mol. The molecule has 1 saturated heterocycles. The Morgan fingerprint density at radius 1 is 0.816 bits per heavy atom. The van der Waals surface area contributed by atoms with Crippen molar-refractivity contribution in [3.63, 3.8) is 0 Å². The Balaban J connectivity index is 1.56. The van der Waals surface area contributed by atoms with Crippen molar-refractivity contribution in [1.82, 2.24) is 4.90 Å².